The van der Waals surface area contributed by atoms with Crippen LogP contribution in [0.3, 0.4) is 0 Å². The van der Waals surface area contributed by atoms with Crippen LogP contribution in [0, 0.1) is 6.92 Å². The van der Waals surface area contributed by atoms with E-state index >= 15 is 0 Å². The standard InChI is InChI=1S/C14H15NO3/c1-9-7-10(8-15-14(9)16)11-5-4-6-12(17-2)13(11)18-3/h4-8H,1-3H3,(H,15,16). The summed E-state index contributed by atoms with van der Waals surface area (Å²) >= 11 is 0. The zero-order valence-corrected chi connectivity index (χ0v) is 10.6. The summed E-state index contributed by atoms with van der Waals surface area (Å²) in [4.78, 5) is 14.1. The molecule has 4 heteroatoms. The molecule has 2 rings (SSSR count). The number of rotatable bonds is 3. The molecule has 0 saturated carbocycles. The first-order chi connectivity index (χ1) is 8.67. The highest BCUT2D eigenvalue weighted by Gasteiger charge is 2.11. The van der Waals surface area contributed by atoms with E-state index in [1.165, 1.54) is 0 Å². The first-order valence-corrected chi connectivity index (χ1v) is 5.58. The van der Waals surface area contributed by atoms with Gasteiger partial charge in [-0.15, -0.1) is 0 Å². The summed E-state index contributed by atoms with van der Waals surface area (Å²) in [5.74, 6) is 1.32. The fraction of sp³-hybridized carbons (Fsp3) is 0.214. The number of pyridine rings is 1. The van der Waals surface area contributed by atoms with E-state index in [1.54, 1.807) is 27.3 Å². The molecule has 4 nitrogen and oxygen atoms in total. The number of aromatic amines is 1. The Morgan fingerprint density at radius 2 is 1.94 bits per heavy atom. The number of aryl methyl sites for hydroxylation is 1. The van der Waals surface area contributed by atoms with Crippen LogP contribution in [0.5, 0.6) is 11.5 Å². The fourth-order valence-electron chi connectivity index (χ4n) is 1.87. The van der Waals surface area contributed by atoms with Crippen molar-refractivity contribution in [2.24, 2.45) is 0 Å². The van der Waals surface area contributed by atoms with Crippen LogP contribution >= 0.6 is 0 Å². The van der Waals surface area contributed by atoms with Crippen LogP contribution in [0.4, 0.5) is 0 Å². The number of para-hydroxylation sites is 1. The smallest absolute Gasteiger partial charge is 0.250 e. The molecule has 0 fully saturated rings. The summed E-state index contributed by atoms with van der Waals surface area (Å²) in [5, 5.41) is 0. The van der Waals surface area contributed by atoms with Crippen molar-refractivity contribution in [2.45, 2.75) is 6.92 Å². The van der Waals surface area contributed by atoms with Crippen molar-refractivity contribution < 1.29 is 9.47 Å². The van der Waals surface area contributed by atoms with Crippen LogP contribution in [0.2, 0.25) is 0 Å². The molecule has 0 saturated heterocycles. The van der Waals surface area contributed by atoms with E-state index in [9.17, 15) is 4.79 Å². The van der Waals surface area contributed by atoms with Gasteiger partial charge in [0.15, 0.2) is 11.5 Å². The van der Waals surface area contributed by atoms with E-state index in [1.807, 2.05) is 24.3 Å². The van der Waals surface area contributed by atoms with E-state index in [0.717, 1.165) is 11.1 Å². The molecule has 18 heavy (non-hydrogen) atoms. The molecular weight excluding hydrogens is 230 g/mol. The summed E-state index contributed by atoms with van der Waals surface area (Å²) in [5.41, 5.74) is 2.36. The Hall–Kier alpha value is -2.23. The highest BCUT2D eigenvalue weighted by molar-refractivity contribution is 5.73. The average Bonchev–Trinajstić information content (AvgIpc) is 2.40. The van der Waals surface area contributed by atoms with Gasteiger partial charge in [0.25, 0.3) is 5.56 Å². The van der Waals surface area contributed by atoms with E-state index in [0.29, 0.717) is 17.1 Å². The number of H-pyrrole nitrogens is 1. The van der Waals surface area contributed by atoms with Crippen molar-refractivity contribution in [1.29, 1.82) is 0 Å². The summed E-state index contributed by atoms with van der Waals surface area (Å²) in [6.07, 6.45) is 1.67. The summed E-state index contributed by atoms with van der Waals surface area (Å²) in [7, 11) is 3.19. The molecule has 0 aliphatic carbocycles. The Balaban J connectivity index is 2.63. The molecular formula is C14H15NO3. The Morgan fingerprint density at radius 1 is 1.17 bits per heavy atom. The van der Waals surface area contributed by atoms with Gasteiger partial charge in [-0.1, -0.05) is 12.1 Å². The van der Waals surface area contributed by atoms with Gasteiger partial charge in [0.05, 0.1) is 14.2 Å². The van der Waals surface area contributed by atoms with Crippen molar-refractivity contribution in [2.75, 3.05) is 14.2 Å². The molecule has 94 valence electrons. The third-order valence-corrected chi connectivity index (χ3v) is 2.80. The summed E-state index contributed by atoms with van der Waals surface area (Å²) in [6, 6.07) is 7.47. The van der Waals surface area contributed by atoms with Crippen LogP contribution in [0.25, 0.3) is 11.1 Å². The molecule has 0 aliphatic rings. The third kappa shape index (κ3) is 2.09. The first-order valence-electron chi connectivity index (χ1n) is 5.58. The van der Waals surface area contributed by atoms with Gasteiger partial charge in [-0.05, 0) is 19.1 Å². The Labute approximate surface area is 105 Å². The minimum Gasteiger partial charge on any atom is -0.493 e. The second-order valence-corrected chi connectivity index (χ2v) is 3.94. The lowest BCUT2D eigenvalue weighted by Gasteiger charge is -2.12. The molecule has 0 unspecified atom stereocenters. The van der Waals surface area contributed by atoms with Gasteiger partial charge < -0.3 is 14.5 Å². The highest BCUT2D eigenvalue weighted by atomic mass is 16.5. The molecule has 2 aromatic rings. The second kappa shape index (κ2) is 4.96. The minimum atomic E-state index is -0.0828. The molecule has 0 amide bonds. The number of nitrogens with one attached hydrogen (secondary N) is 1. The summed E-state index contributed by atoms with van der Waals surface area (Å²) in [6.45, 7) is 1.77. The number of hydrogen-bond donors (Lipinski definition) is 1. The highest BCUT2D eigenvalue weighted by Crippen LogP contribution is 2.37. The van der Waals surface area contributed by atoms with Crippen molar-refractivity contribution >= 4 is 0 Å². The van der Waals surface area contributed by atoms with E-state index < -0.39 is 0 Å². The van der Waals surface area contributed by atoms with Gasteiger partial charge in [-0.3, -0.25) is 4.79 Å². The molecule has 0 spiro atoms. The maximum atomic E-state index is 11.4. The largest absolute Gasteiger partial charge is 0.493 e. The third-order valence-electron chi connectivity index (χ3n) is 2.80. The van der Waals surface area contributed by atoms with Crippen molar-refractivity contribution in [3.63, 3.8) is 0 Å². The SMILES string of the molecule is COc1cccc(-c2c[nH]c(=O)c(C)c2)c1OC. The molecule has 1 aromatic heterocycles. The monoisotopic (exact) mass is 245 g/mol. The van der Waals surface area contributed by atoms with Gasteiger partial charge in [-0.2, -0.15) is 0 Å². The van der Waals surface area contributed by atoms with Crippen LogP contribution in [-0.2, 0) is 0 Å². The van der Waals surface area contributed by atoms with Crippen molar-refractivity contribution in [3.05, 3.63) is 46.4 Å². The zero-order chi connectivity index (χ0) is 13.1. The zero-order valence-electron chi connectivity index (χ0n) is 10.6. The molecule has 1 heterocycles. The number of hydrogen-bond acceptors (Lipinski definition) is 3. The molecule has 1 aromatic carbocycles. The molecule has 0 atom stereocenters. The molecule has 0 radical (unpaired) electrons. The molecule has 0 aliphatic heterocycles. The quantitative estimate of drug-likeness (QED) is 0.903. The minimum absolute atomic E-state index is 0.0828. The van der Waals surface area contributed by atoms with Gasteiger partial charge >= 0.3 is 0 Å². The van der Waals surface area contributed by atoms with E-state index in [4.69, 9.17) is 9.47 Å². The Bertz CT molecular complexity index is 617. The number of benzene rings is 1. The topological polar surface area (TPSA) is 51.3 Å². The van der Waals surface area contributed by atoms with E-state index in [-0.39, 0.29) is 5.56 Å². The normalized spacial score (nSPS) is 10.2. The lowest BCUT2D eigenvalue weighted by Crippen LogP contribution is -2.08. The van der Waals surface area contributed by atoms with Crippen molar-refractivity contribution in [3.8, 4) is 22.6 Å². The van der Waals surface area contributed by atoms with Gasteiger partial charge in [-0.25, -0.2) is 0 Å². The Morgan fingerprint density at radius 3 is 2.56 bits per heavy atom. The number of ether oxygens (including phenoxy) is 2. The molecule has 0 bridgehead atoms. The first kappa shape index (κ1) is 12.2. The predicted molar refractivity (Wildman–Crippen MR) is 70.3 cm³/mol. The second-order valence-electron chi connectivity index (χ2n) is 3.94. The van der Waals surface area contributed by atoms with Crippen LogP contribution in [0.15, 0.2) is 35.3 Å². The summed E-state index contributed by atoms with van der Waals surface area (Å²) < 4.78 is 10.6. The van der Waals surface area contributed by atoms with Crippen LogP contribution in [0.1, 0.15) is 5.56 Å². The average molecular weight is 245 g/mol. The number of methoxy groups -OCH3 is 2. The van der Waals surface area contributed by atoms with Crippen LogP contribution in [-0.4, -0.2) is 19.2 Å². The van der Waals surface area contributed by atoms with Gasteiger partial charge in [0.2, 0.25) is 0 Å². The maximum absolute atomic E-state index is 11.4. The number of aromatic nitrogens is 1. The lowest BCUT2D eigenvalue weighted by atomic mass is 10.0. The van der Waals surface area contributed by atoms with Crippen molar-refractivity contribution in [1.82, 2.24) is 4.98 Å². The Kier molecular flexibility index (Phi) is 3.37. The van der Waals surface area contributed by atoms with Gasteiger partial charge in [0, 0.05) is 22.9 Å². The fourth-order valence-corrected chi connectivity index (χ4v) is 1.87. The predicted octanol–water partition coefficient (Wildman–Crippen LogP) is 2.37. The van der Waals surface area contributed by atoms with Crippen LogP contribution < -0.4 is 15.0 Å². The van der Waals surface area contributed by atoms with E-state index in [2.05, 4.69) is 4.98 Å². The maximum Gasteiger partial charge on any atom is 0.250 e. The van der Waals surface area contributed by atoms with Gasteiger partial charge in [0.1, 0.15) is 0 Å². The molecule has 1 N–H and O–H groups in total. The lowest BCUT2D eigenvalue weighted by molar-refractivity contribution is 0.356.